The lowest BCUT2D eigenvalue weighted by atomic mass is 10.1. The van der Waals surface area contributed by atoms with Crippen LogP contribution in [0.1, 0.15) is 27.2 Å². The molecule has 4 heteroatoms. The molecule has 0 aliphatic heterocycles. The minimum atomic E-state index is -0.453. The third-order valence-corrected chi connectivity index (χ3v) is 1.37. The molecule has 60 valence electrons. The Morgan fingerprint density at radius 3 is 2.09 bits per heavy atom. The summed E-state index contributed by atoms with van der Waals surface area (Å²) in [6, 6.07) is 0. The summed E-state index contributed by atoms with van der Waals surface area (Å²) in [5, 5.41) is 17.2. The van der Waals surface area contributed by atoms with Gasteiger partial charge in [0.1, 0.15) is 0 Å². The maximum Gasteiger partial charge on any atom is 0.221 e. The first-order valence-electron chi connectivity index (χ1n) is 3.34. The average molecular weight is 153 g/mol. The molecule has 0 unspecified atom stereocenters. The van der Waals surface area contributed by atoms with Gasteiger partial charge in [-0.1, -0.05) is 12.0 Å². The Balaban J connectivity index is 4.05. The van der Waals surface area contributed by atoms with E-state index in [1.807, 2.05) is 20.8 Å². The summed E-state index contributed by atoms with van der Waals surface area (Å²) in [7, 11) is 0. The first-order valence-corrected chi connectivity index (χ1v) is 3.34. The molecule has 0 atom stereocenters. The SMILES string of the molecule is CCC(C)(C)ON(C#N)C#N. The van der Waals surface area contributed by atoms with Gasteiger partial charge in [-0.2, -0.15) is 10.5 Å². The van der Waals surface area contributed by atoms with Crippen LogP contribution in [0.15, 0.2) is 0 Å². The lowest BCUT2D eigenvalue weighted by Gasteiger charge is -2.23. The van der Waals surface area contributed by atoms with Crippen LogP contribution in [0.25, 0.3) is 0 Å². The van der Waals surface area contributed by atoms with Gasteiger partial charge in [0.25, 0.3) is 0 Å². The maximum absolute atomic E-state index is 8.31. The highest BCUT2D eigenvalue weighted by atomic mass is 16.7. The van der Waals surface area contributed by atoms with Gasteiger partial charge in [-0.25, -0.2) is 4.84 Å². The number of nitriles is 2. The highest BCUT2D eigenvalue weighted by Gasteiger charge is 2.19. The van der Waals surface area contributed by atoms with E-state index < -0.39 is 5.60 Å². The number of hydrogen-bond acceptors (Lipinski definition) is 4. The van der Waals surface area contributed by atoms with Crippen LogP contribution in [0.4, 0.5) is 0 Å². The van der Waals surface area contributed by atoms with Crippen LogP contribution in [0.2, 0.25) is 0 Å². The number of hydroxylamine groups is 2. The van der Waals surface area contributed by atoms with Gasteiger partial charge in [0, 0.05) is 0 Å². The van der Waals surface area contributed by atoms with Crippen molar-refractivity contribution in [3.05, 3.63) is 0 Å². The summed E-state index contributed by atoms with van der Waals surface area (Å²) in [5.74, 6) is 0. The summed E-state index contributed by atoms with van der Waals surface area (Å²) in [4.78, 5) is 5.00. The normalized spacial score (nSPS) is 9.91. The van der Waals surface area contributed by atoms with Crippen LogP contribution < -0.4 is 0 Å². The molecular weight excluding hydrogens is 142 g/mol. The van der Waals surface area contributed by atoms with E-state index in [-0.39, 0.29) is 0 Å². The predicted octanol–water partition coefficient (Wildman–Crippen LogP) is 1.37. The standard InChI is InChI=1S/C7H11N3O/c1-4-7(2,3)11-10(5-8)6-9/h4H2,1-3H3. The highest BCUT2D eigenvalue weighted by molar-refractivity contribution is 4.80. The lowest BCUT2D eigenvalue weighted by molar-refractivity contribution is -0.167. The fraction of sp³-hybridized carbons (Fsp3) is 0.714. The molecule has 0 saturated carbocycles. The summed E-state index contributed by atoms with van der Waals surface area (Å²) in [6.45, 7) is 5.55. The Labute approximate surface area is 66.5 Å². The fourth-order valence-corrected chi connectivity index (χ4v) is 0.375. The van der Waals surface area contributed by atoms with Gasteiger partial charge in [0.2, 0.25) is 12.4 Å². The molecule has 0 rings (SSSR count). The molecule has 0 bridgehead atoms. The van der Waals surface area contributed by atoms with Crippen LogP contribution in [0.3, 0.4) is 0 Å². The Bertz CT molecular complexity index is 185. The predicted molar refractivity (Wildman–Crippen MR) is 38.5 cm³/mol. The molecule has 0 amide bonds. The van der Waals surface area contributed by atoms with E-state index >= 15 is 0 Å². The van der Waals surface area contributed by atoms with Gasteiger partial charge in [0.05, 0.1) is 5.60 Å². The minimum absolute atomic E-state index is 0.453. The van der Waals surface area contributed by atoms with Crippen LogP contribution in [0.5, 0.6) is 0 Å². The second kappa shape index (κ2) is 3.80. The largest absolute Gasteiger partial charge is 0.244 e. The molecule has 0 aromatic heterocycles. The van der Waals surface area contributed by atoms with Crippen LogP contribution in [-0.4, -0.2) is 10.7 Å². The molecule has 0 radical (unpaired) electrons. The second-order valence-electron chi connectivity index (χ2n) is 2.70. The molecule has 0 aromatic rings. The van der Waals surface area contributed by atoms with E-state index in [9.17, 15) is 0 Å². The first-order chi connectivity index (χ1) is 5.05. The Morgan fingerprint density at radius 2 is 1.82 bits per heavy atom. The van der Waals surface area contributed by atoms with Crippen molar-refractivity contribution >= 4 is 0 Å². The van der Waals surface area contributed by atoms with Crippen molar-refractivity contribution in [2.75, 3.05) is 0 Å². The molecule has 4 nitrogen and oxygen atoms in total. The molecule has 0 aromatic carbocycles. The van der Waals surface area contributed by atoms with Gasteiger partial charge >= 0.3 is 0 Å². The van der Waals surface area contributed by atoms with Crippen molar-refractivity contribution in [3.8, 4) is 12.4 Å². The maximum atomic E-state index is 8.31. The van der Waals surface area contributed by atoms with Crippen LogP contribution >= 0.6 is 0 Å². The van der Waals surface area contributed by atoms with Gasteiger partial charge in [0.15, 0.2) is 0 Å². The minimum Gasteiger partial charge on any atom is -0.244 e. The summed E-state index contributed by atoms with van der Waals surface area (Å²) in [5.41, 5.74) is -0.453. The zero-order valence-corrected chi connectivity index (χ0v) is 6.96. The second-order valence-corrected chi connectivity index (χ2v) is 2.70. The van der Waals surface area contributed by atoms with Crippen molar-refractivity contribution in [3.63, 3.8) is 0 Å². The van der Waals surface area contributed by atoms with Crippen molar-refractivity contribution in [1.82, 2.24) is 5.06 Å². The first kappa shape index (κ1) is 9.74. The average Bonchev–Trinajstić information content (AvgIpc) is 2.00. The van der Waals surface area contributed by atoms with E-state index in [1.165, 1.54) is 0 Å². The van der Waals surface area contributed by atoms with Crippen molar-refractivity contribution < 1.29 is 4.84 Å². The van der Waals surface area contributed by atoms with Crippen LogP contribution in [0, 0.1) is 22.9 Å². The molecule has 0 heterocycles. The van der Waals surface area contributed by atoms with Crippen molar-refractivity contribution in [2.45, 2.75) is 32.8 Å². The van der Waals surface area contributed by atoms with Gasteiger partial charge in [-0.05, 0) is 20.3 Å². The lowest BCUT2D eigenvalue weighted by Crippen LogP contribution is -2.30. The third-order valence-electron chi connectivity index (χ3n) is 1.37. The van der Waals surface area contributed by atoms with Gasteiger partial charge in [-0.15, -0.1) is 0 Å². The van der Waals surface area contributed by atoms with Crippen molar-refractivity contribution in [2.24, 2.45) is 0 Å². The number of rotatable bonds is 3. The highest BCUT2D eigenvalue weighted by Crippen LogP contribution is 2.14. The molecule has 0 aliphatic rings. The topological polar surface area (TPSA) is 60.0 Å². The molecule has 11 heavy (non-hydrogen) atoms. The number of hydrogen-bond donors (Lipinski definition) is 0. The monoisotopic (exact) mass is 153 g/mol. The van der Waals surface area contributed by atoms with Gasteiger partial charge in [-0.3, -0.25) is 0 Å². The van der Waals surface area contributed by atoms with E-state index in [4.69, 9.17) is 15.4 Å². The summed E-state index contributed by atoms with van der Waals surface area (Å²) < 4.78 is 0. The zero-order valence-electron chi connectivity index (χ0n) is 6.96. The quantitative estimate of drug-likeness (QED) is 0.349. The van der Waals surface area contributed by atoms with Gasteiger partial charge < -0.3 is 0 Å². The molecule has 0 N–H and O–H groups in total. The molecule has 0 aliphatic carbocycles. The Hall–Kier alpha value is -1.26. The van der Waals surface area contributed by atoms with E-state index in [2.05, 4.69) is 0 Å². The van der Waals surface area contributed by atoms with Crippen molar-refractivity contribution in [1.29, 1.82) is 10.5 Å². The zero-order chi connectivity index (χ0) is 8.91. The van der Waals surface area contributed by atoms with Crippen LogP contribution in [-0.2, 0) is 4.84 Å². The number of nitrogens with zero attached hydrogens (tertiary/aromatic N) is 3. The summed E-state index contributed by atoms with van der Waals surface area (Å²) >= 11 is 0. The third kappa shape index (κ3) is 3.44. The van der Waals surface area contributed by atoms with E-state index in [1.54, 1.807) is 12.4 Å². The van der Waals surface area contributed by atoms with E-state index in [0.717, 1.165) is 6.42 Å². The Kier molecular flexibility index (Phi) is 3.36. The smallest absolute Gasteiger partial charge is 0.221 e. The Morgan fingerprint density at radius 1 is 1.36 bits per heavy atom. The molecule has 0 fully saturated rings. The fourth-order valence-electron chi connectivity index (χ4n) is 0.375. The summed E-state index contributed by atoms with van der Waals surface area (Å²) in [6.07, 6.45) is 3.93. The molecular formula is C7H11N3O. The van der Waals surface area contributed by atoms with E-state index in [0.29, 0.717) is 5.06 Å². The molecule has 0 spiro atoms. The molecule has 0 saturated heterocycles.